The second-order valence-corrected chi connectivity index (χ2v) is 5.85. The molecule has 0 radical (unpaired) electrons. The maximum absolute atomic E-state index is 6.24. The molecule has 0 bridgehead atoms. The average molecular weight is 459 g/mol. The van der Waals surface area contributed by atoms with Crippen molar-refractivity contribution in [2.45, 2.75) is 26.3 Å². The summed E-state index contributed by atoms with van der Waals surface area (Å²) in [6.45, 7) is 4.95. The van der Waals surface area contributed by atoms with Gasteiger partial charge in [-0.25, -0.2) is 0 Å². The predicted molar refractivity (Wildman–Crippen MR) is 112 cm³/mol. The Hall–Kier alpha value is -1.34. The molecule has 24 heavy (non-hydrogen) atoms. The van der Waals surface area contributed by atoms with E-state index < -0.39 is 0 Å². The molecule has 0 amide bonds. The van der Waals surface area contributed by atoms with Crippen LogP contribution < -0.4 is 10.6 Å². The number of hydrogen-bond acceptors (Lipinski definition) is 2. The van der Waals surface area contributed by atoms with E-state index >= 15 is 0 Å². The normalized spacial score (nSPS) is 12.2. The van der Waals surface area contributed by atoms with Crippen LogP contribution in [0.2, 0.25) is 5.02 Å². The molecular weight excluding hydrogens is 435 g/mol. The standard InChI is InChI=1S/C18H23ClN4.HI/c1-13-12-21-10-8-15(13)9-11-22-18(20-3)23-14(2)16-6-4-5-7-17(16)19;/h4-8,10,12,14H,9,11H2,1-3H3,(H2,20,22,23);1H. The number of nitrogens with zero attached hydrogens (tertiary/aromatic N) is 2. The van der Waals surface area contributed by atoms with Crippen LogP contribution in [0.1, 0.15) is 29.7 Å². The highest BCUT2D eigenvalue weighted by atomic mass is 127. The van der Waals surface area contributed by atoms with Crippen molar-refractivity contribution >= 4 is 41.5 Å². The fraction of sp³-hybridized carbons (Fsp3) is 0.333. The smallest absolute Gasteiger partial charge is 0.191 e. The van der Waals surface area contributed by atoms with Gasteiger partial charge in [0.15, 0.2) is 5.96 Å². The van der Waals surface area contributed by atoms with E-state index in [1.165, 1.54) is 11.1 Å². The van der Waals surface area contributed by atoms with E-state index in [0.29, 0.717) is 0 Å². The topological polar surface area (TPSA) is 49.3 Å². The lowest BCUT2D eigenvalue weighted by Gasteiger charge is -2.19. The van der Waals surface area contributed by atoms with Gasteiger partial charge in [-0.1, -0.05) is 29.8 Å². The number of nitrogens with one attached hydrogen (secondary N) is 2. The maximum atomic E-state index is 6.24. The lowest BCUT2D eigenvalue weighted by molar-refractivity contribution is 0.684. The van der Waals surface area contributed by atoms with Gasteiger partial charge in [0, 0.05) is 31.0 Å². The number of benzene rings is 1. The molecule has 0 aliphatic heterocycles. The average Bonchev–Trinajstić information content (AvgIpc) is 2.56. The first-order chi connectivity index (χ1) is 11.1. The Morgan fingerprint density at radius 1 is 1.29 bits per heavy atom. The maximum Gasteiger partial charge on any atom is 0.191 e. The summed E-state index contributed by atoms with van der Waals surface area (Å²) in [7, 11) is 1.77. The molecule has 0 saturated heterocycles. The summed E-state index contributed by atoms with van der Waals surface area (Å²) in [6.07, 6.45) is 4.65. The second-order valence-electron chi connectivity index (χ2n) is 5.44. The van der Waals surface area contributed by atoms with Crippen LogP contribution in [0, 0.1) is 6.92 Å². The van der Waals surface area contributed by atoms with Gasteiger partial charge in [-0.15, -0.1) is 24.0 Å². The Morgan fingerprint density at radius 3 is 2.71 bits per heavy atom. The quantitative estimate of drug-likeness (QED) is 0.402. The number of aliphatic imine (C=N–C) groups is 1. The third-order valence-corrected chi connectivity index (χ3v) is 4.12. The second kappa shape index (κ2) is 10.5. The molecular formula is C18H24ClIN4. The zero-order valence-corrected chi connectivity index (χ0v) is 17.3. The van der Waals surface area contributed by atoms with Crippen LogP contribution in [0.5, 0.6) is 0 Å². The lowest BCUT2D eigenvalue weighted by atomic mass is 10.1. The van der Waals surface area contributed by atoms with E-state index in [2.05, 4.69) is 40.5 Å². The van der Waals surface area contributed by atoms with Crippen LogP contribution in [-0.2, 0) is 6.42 Å². The minimum Gasteiger partial charge on any atom is -0.356 e. The Bertz CT molecular complexity index is 676. The van der Waals surface area contributed by atoms with Crippen molar-refractivity contribution < 1.29 is 0 Å². The molecule has 4 nitrogen and oxygen atoms in total. The molecule has 1 atom stereocenters. The van der Waals surface area contributed by atoms with Crippen molar-refractivity contribution in [3.63, 3.8) is 0 Å². The van der Waals surface area contributed by atoms with Crippen molar-refractivity contribution in [2.24, 2.45) is 4.99 Å². The zero-order valence-electron chi connectivity index (χ0n) is 14.2. The van der Waals surface area contributed by atoms with Gasteiger partial charge >= 0.3 is 0 Å². The number of pyridine rings is 1. The molecule has 130 valence electrons. The summed E-state index contributed by atoms with van der Waals surface area (Å²) in [5.41, 5.74) is 3.56. The van der Waals surface area contributed by atoms with Crippen LogP contribution in [0.25, 0.3) is 0 Å². The van der Waals surface area contributed by atoms with E-state index in [4.69, 9.17) is 11.6 Å². The van der Waals surface area contributed by atoms with Crippen LogP contribution in [0.4, 0.5) is 0 Å². The molecule has 2 rings (SSSR count). The van der Waals surface area contributed by atoms with Crippen LogP contribution >= 0.6 is 35.6 Å². The van der Waals surface area contributed by atoms with Crippen molar-refractivity contribution in [2.75, 3.05) is 13.6 Å². The Kier molecular flexibility index (Phi) is 9.07. The van der Waals surface area contributed by atoms with Crippen molar-refractivity contribution in [3.8, 4) is 0 Å². The van der Waals surface area contributed by atoms with E-state index in [9.17, 15) is 0 Å². The Morgan fingerprint density at radius 2 is 2.04 bits per heavy atom. The first-order valence-corrected chi connectivity index (χ1v) is 8.10. The fourth-order valence-corrected chi connectivity index (χ4v) is 2.70. The summed E-state index contributed by atoms with van der Waals surface area (Å²) in [5.74, 6) is 0.768. The summed E-state index contributed by atoms with van der Waals surface area (Å²) in [6, 6.07) is 9.98. The molecule has 0 aliphatic rings. The minimum atomic E-state index is 0. The first-order valence-electron chi connectivity index (χ1n) is 7.73. The van der Waals surface area contributed by atoms with Gasteiger partial charge in [-0.3, -0.25) is 9.98 Å². The molecule has 1 aromatic heterocycles. The summed E-state index contributed by atoms with van der Waals surface area (Å²) >= 11 is 6.24. The molecule has 1 unspecified atom stereocenters. The highest BCUT2D eigenvalue weighted by molar-refractivity contribution is 14.0. The molecule has 2 N–H and O–H groups in total. The van der Waals surface area contributed by atoms with Gasteiger partial charge in [0.2, 0.25) is 0 Å². The summed E-state index contributed by atoms with van der Waals surface area (Å²) in [4.78, 5) is 8.39. The van der Waals surface area contributed by atoms with Gasteiger partial charge in [0.25, 0.3) is 0 Å². The van der Waals surface area contributed by atoms with Crippen LogP contribution in [0.3, 0.4) is 0 Å². The molecule has 0 fully saturated rings. The van der Waals surface area contributed by atoms with E-state index in [1.807, 2.05) is 36.7 Å². The molecule has 0 aliphatic carbocycles. The van der Waals surface area contributed by atoms with Crippen molar-refractivity contribution in [1.82, 2.24) is 15.6 Å². The number of aryl methyl sites for hydroxylation is 1. The van der Waals surface area contributed by atoms with Crippen LogP contribution in [0.15, 0.2) is 47.7 Å². The third-order valence-electron chi connectivity index (χ3n) is 3.77. The van der Waals surface area contributed by atoms with Gasteiger partial charge in [-0.2, -0.15) is 0 Å². The van der Waals surface area contributed by atoms with E-state index in [1.54, 1.807) is 7.05 Å². The monoisotopic (exact) mass is 458 g/mol. The largest absolute Gasteiger partial charge is 0.356 e. The zero-order chi connectivity index (χ0) is 16.7. The Balaban J connectivity index is 0.00000288. The summed E-state index contributed by atoms with van der Waals surface area (Å²) < 4.78 is 0. The minimum absolute atomic E-state index is 0. The molecule has 1 heterocycles. The lowest BCUT2D eigenvalue weighted by Crippen LogP contribution is -2.39. The van der Waals surface area contributed by atoms with E-state index in [0.717, 1.165) is 29.5 Å². The SMILES string of the molecule is CN=C(NCCc1ccncc1C)NC(C)c1ccccc1Cl.I. The third kappa shape index (κ3) is 5.94. The molecule has 0 saturated carbocycles. The number of aromatic nitrogens is 1. The van der Waals surface area contributed by atoms with Gasteiger partial charge in [-0.05, 0) is 49.1 Å². The molecule has 6 heteroatoms. The fourth-order valence-electron chi connectivity index (χ4n) is 2.40. The summed E-state index contributed by atoms with van der Waals surface area (Å²) in [5, 5.41) is 7.47. The number of guanidine groups is 1. The Labute approximate surface area is 166 Å². The number of rotatable bonds is 5. The number of halogens is 2. The number of hydrogen-bond donors (Lipinski definition) is 2. The van der Waals surface area contributed by atoms with E-state index in [-0.39, 0.29) is 30.0 Å². The molecule has 1 aromatic carbocycles. The molecule has 0 spiro atoms. The van der Waals surface area contributed by atoms with Gasteiger partial charge < -0.3 is 10.6 Å². The van der Waals surface area contributed by atoms with Crippen molar-refractivity contribution in [3.05, 3.63) is 64.4 Å². The van der Waals surface area contributed by atoms with Gasteiger partial charge in [0.1, 0.15) is 0 Å². The molecule has 2 aromatic rings. The van der Waals surface area contributed by atoms with Crippen molar-refractivity contribution in [1.29, 1.82) is 0 Å². The first kappa shape index (κ1) is 20.7. The van der Waals surface area contributed by atoms with Crippen LogP contribution in [-0.4, -0.2) is 24.5 Å². The predicted octanol–water partition coefficient (Wildman–Crippen LogP) is 4.13. The highest BCUT2D eigenvalue weighted by Crippen LogP contribution is 2.21. The van der Waals surface area contributed by atoms with Gasteiger partial charge in [0.05, 0.1) is 6.04 Å². The highest BCUT2D eigenvalue weighted by Gasteiger charge is 2.10.